The molecule has 0 saturated carbocycles. The molecule has 0 saturated heterocycles. The molecular formula is C23H19ClN4O3S. The van der Waals surface area contributed by atoms with E-state index in [2.05, 4.69) is 10.3 Å². The molecule has 2 aromatic carbocycles. The van der Waals surface area contributed by atoms with E-state index in [1.54, 1.807) is 50.5 Å². The zero-order chi connectivity index (χ0) is 22.8. The van der Waals surface area contributed by atoms with E-state index in [9.17, 15) is 14.4 Å². The highest BCUT2D eigenvalue weighted by Gasteiger charge is 2.13. The Morgan fingerprint density at radius 1 is 1.09 bits per heavy atom. The summed E-state index contributed by atoms with van der Waals surface area (Å²) >= 11 is 7.28. The molecular weight excluding hydrogens is 448 g/mol. The van der Waals surface area contributed by atoms with Crippen LogP contribution in [0.25, 0.3) is 20.7 Å². The van der Waals surface area contributed by atoms with Crippen molar-refractivity contribution in [1.82, 2.24) is 14.5 Å². The molecule has 0 aliphatic carbocycles. The second-order valence-electron chi connectivity index (χ2n) is 7.33. The zero-order valence-electron chi connectivity index (χ0n) is 17.3. The van der Waals surface area contributed by atoms with Gasteiger partial charge in [0, 0.05) is 35.2 Å². The van der Waals surface area contributed by atoms with Crippen LogP contribution in [0.3, 0.4) is 0 Å². The van der Waals surface area contributed by atoms with Crippen LogP contribution < -0.4 is 10.9 Å². The van der Waals surface area contributed by atoms with Crippen molar-refractivity contribution in [2.45, 2.75) is 6.54 Å². The van der Waals surface area contributed by atoms with Crippen molar-refractivity contribution < 1.29 is 9.59 Å². The maximum atomic E-state index is 12.9. The van der Waals surface area contributed by atoms with Crippen LogP contribution in [-0.2, 0) is 11.3 Å². The Kier molecular flexibility index (Phi) is 6.07. The SMILES string of the molecule is CN(C)C(=O)c1ccc(NC(=O)Cn2cnc3cc(-c4ccc(Cl)cc4)sc3c2=O)cc1. The smallest absolute Gasteiger partial charge is 0.271 e. The van der Waals surface area contributed by atoms with Gasteiger partial charge >= 0.3 is 0 Å². The molecule has 0 spiro atoms. The van der Waals surface area contributed by atoms with Crippen molar-refractivity contribution in [3.8, 4) is 10.4 Å². The van der Waals surface area contributed by atoms with Gasteiger partial charge in [-0.2, -0.15) is 0 Å². The maximum absolute atomic E-state index is 12.9. The molecule has 4 rings (SSSR count). The van der Waals surface area contributed by atoms with E-state index in [1.807, 2.05) is 18.2 Å². The van der Waals surface area contributed by atoms with E-state index < -0.39 is 0 Å². The number of fused-ring (bicyclic) bond motifs is 1. The number of carbonyl (C=O) groups is 2. The van der Waals surface area contributed by atoms with E-state index >= 15 is 0 Å². The number of rotatable bonds is 5. The molecule has 1 N–H and O–H groups in total. The summed E-state index contributed by atoms with van der Waals surface area (Å²) in [6.45, 7) is -0.172. The van der Waals surface area contributed by atoms with Crippen molar-refractivity contribution in [3.05, 3.63) is 81.9 Å². The topological polar surface area (TPSA) is 84.3 Å². The van der Waals surface area contributed by atoms with Crippen molar-refractivity contribution in [3.63, 3.8) is 0 Å². The highest BCUT2D eigenvalue weighted by molar-refractivity contribution is 7.22. The largest absolute Gasteiger partial charge is 0.345 e. The van der Waals surface area contributed by atoms with E-state index in [1.165, 1.54) is 27.1 Å². The number of halogens is 1. The molecule has 32 heavy (non-hydrogen) atoms. The summed E-state index contributed by atoms with van der Waals surface area (Å²) in [6, 6.07) is 15.8. The molecule has 0 atom stereocenters. The van der Waals surface area contributed by atoms with Gasteiger partial charge in [-0.3, -0.25) is 19.0 Å². The Bertz CT molecular complexity index is 1360. The van der Waals surface area contributed by atoms with Gasteiger partial charge in [0.25, 0.3) is 11.5 Å². The first-order valence-corrected chi connectivity index (χ1v) is 10.9. The van der Waals surface area contributed by atoms with Crippen molar-refractivity contribution in [2.75, 3.05) is 19.4 Å². The van der Waals surface area contributed by atoms with Gasteiger partial charge in [-0.1, -0.05) is 23.7 Å². The average Bonchev–Trinajstić information content (AvgIpc) is 3.21. The quantitative estimate of drug-likeness (QED) is 0.479. The molecule has 0 bridgehead atoms. The van der Waals surface area contributed by atoms with Crippen LogP contribution in [0.15, 0.2) is 65.7 Å². The summed E-state index contributed by atoms with van der Waals surface area (Å²) < 4.78 is 1.76. The number of hydrogen-bond donors (Lipinski definition) is 1. The van der Waals surface area contributed by atoms with Crippen molar-refractivity contribution >= 4 is 50.7 Å². The third-order valence-electron chi connectivity index (χ3n) is 4.77. The predicted molar refractivity (Wildman–Crippen MR) is 127 cm³/mol. The van der Waals surface area contributed by atoms with Gasteiger partial charge in [0.15, 0.2) is 0 Å². The molecule has 2 amide bonds. The lowest BCUT2D eigenvalue weighted by Crippen LogP contribution is -2.27. The van der Waals surface area contributed by atoms with Crippen LogP contribution in [-0.4, -0.2) is 40.4 Å². The summed E-state index contributed by atoms with van der Waals surface area (Å²) in [5.74, 6) is -0.489. The number of nitrogens with zero attached hydrogens (tertiary/aromatic N) is 3. The molecule has 7 nitrogen and oxygen atoms in total. The molecule has 0 aliphatic rings. The number of hydrogen-bond acceptors (Lipinski definition) is 5. The lowest BCUT2D eigenvalue weighted by Gasteiger charge is -2.11. The molecule has 0 fully saturated rings. The molecule has 0 aliphatic heterocycles. The first kappa shape index (κ1) is 21.7. The van der Waals surface area contributed by atoms with Crippen LogP contribution >= 0.6 is 22.9 Å². The number of aromatic nitrogens is 2. The fourth-order valence-electron chi connectivity index (χ4n) is 3.12. The third-order valence-corrected chi connectivity index (χ3v) is 6.18. The van der Waals surface area contributed by atoms with Crippen LogP contribution in [0.2, 0.25) is 5.02 Å². The lowest BCUT2D eigenvalue weighted by molar-refractivity contribution is -0.116. The normalized spacial score (nSPS) is 10.8. The summed E-state index contributed by atoms with van der Waals surface area (Å²) in [7, 11) is 3.35. The summed E-state index contributed by atoms with van der Waals surface area (Å²) in [4.78, 5) is 44.0. The molecule has 0 unspecified atom stereocenters. The van der Waals surface area contributed by atoms with Gasteiger partial charge in [0.2, 0.25) is 5.91 Å². The second-order valence-corrected chi connectivity index (χ2v) is 8.82. The van der Waals surface area contributed by atoms with Gasteiger partial charge in [-0.25, -0.2) is 4.98 Å². The zero-order valence-corrected chi connectivity index (χ0v) is 18.9. The van der Waals surface area contributed by atoms with E-state index in [4.69, 9.17) is 11.6 Å². The van der Waals surface area contributed by atoms with E-state index in [0.717, 1.165) is 10.4 Å². The minimum absolute atomic E-state index is 0.122. The monoisotopic (exact) mass is 466 g/mol. The first-order chi connectivity index (χ1) is 15.3. The standard InChI is InChI=1S/C23H19ClN4O3S/c1-27(2)22(30)15-5-9-17(10-6-15)26-20(29)12-28-13-25-18-11-19(32-21(18)23(28)31)14-3-7-16(24)8-4-14/h3-11,13H,12H2,1-2H3,(H,26,29). The molecule has 0 radical (unpaired) electrons. The number of amides is 2. The van der Waals surface area contributed by atoms with Gasteiger partial charge in [0.1, 0.15) is 11.2 Å². The summed E-state index contributed by atoms with van der Waals surface area (Å²) in [6.07, 6.45) is 1.38. The lowest BCUT2D eigenvalue weighted by atomic mass is 10.2. The van der Waals surface area contributed by atoms with Gasteiger partial charge in [0.05, 0.1) is 11.8 Å². The van der Waals surface area contributed by atoms with E-state index in [0.29, 0.717) is 26.5 Å². The van der Waals surface area contributed by atoms with E-state index in [-0.39, 0.29) is 23.9 Å². The number of nitrogens with one attached hydrogen (secondary N) is 1. The Morgan fingerprint density at radius 3 is 2.44 bits per heavy atom. The number of carbonyl (C=O) groups excluding carboxylic acids is 2. The molecule has 2 heterocycles. The van der Waals surface area contributed by atoms with Gasteiger partial charge in [-0.15, -0.1) is 11.3 Å². The molecule has 2 aromatic heterocycles. The minimum Gasteiger partial charge on any atom is -0.345 e. The van der Waals surface area contributed by atoms with Crippen molar-refractivity contribution in [2.24, 2.45) is 0 Å². The number of anilines is 1. The van der Waals surface area contributed by atoms with Crippen LogP contribution in [0.4, 0.5) is 5.69 Å². The summed E-state index contributed by atoms with van der Waals surface area (Å²) in [5.41, 5.74) is 2.31. The minimum atomic E-state index is -0.366. The fourth-order valence-corrected chi connectivity index (χ4v) is 4.32. The van der Waals surface area contributed by atoms with Crippen LogP contribution in [0, 0.1) is 0 Å². The van der Waals surface area contributed by atoms with Crippen LogP contribution in [0.5, 0.6) is 0 Å². The predicted octanol–water partition coefficient (Wildman–Crippen LogP) is 4.12. The number of benzene rings is 2. The Morgan fingerprint density at radius 2 is 1.78 bits per heavy atom. The Balaban J connectivity index is 1.50. The highest BCUT2D eigenvalue weighted by Crippen LogP contribution is 2.31. The molecule has 4 aromatic rings. The Hall–Kier alpha value is -3.49. The fraction of sp³-hybridized carbons (Fsp3) is 0.130. The molecule has 162 valence electrons. The van der Waals surface area contributed by atoms with Gasteiger partial charge in [-0.05, 0) is 48.0 Å². The second kappa shape index (κ2) is 8.94. The van der Waals surface area contributed by atoms with Gasteiger partial charge < -0.3 is 10.2 Å². The average molecular weight is 467 g/mol. The summed E-state index contributed by atoms with van der Waals surface area (Å²) in [5, 5.41) is 3.38. The van der Waals surface area contributed by atoms with Crippen LogP contribution in [0.1, 0.15) is 10.4 Å². The van der Waals surface area contributed by atoms with Crippen molar-refractivity contribution in [1.29, 1.82) is 0 Å². The maximum Gasteiger partial charge on any atom is 0.271 e. The number of thiophene rings is 1. The third kappa shape index (κ3) is 4.56. The first-order valence-electron chi connectivity index (χ1n) is 9.68. The highest BCUT2D eigenvalue weighted by atomic mass is 35.5. The molecule has 9 heteroatoms. The Labute approximate surface area is 192 Å².